The van der Waals surface area contributed by atoms with Crippen molar-refractivity contribution in [2.75, 3.05) is 25.0 Å². The van der Waals surface area contributed by atoms with Crippen LogP contribution in [0.3, 0.4) is 0 Å². The molecule has 0 fully saturated rings. The van der Waals surface area contributed by atoms with Crippen molar-refractivity contribution in [2.24, 2.45) is 0 Å². The number of hydrogen-bond donors (Lipinski definition) is 2. The molecular formula is C13H22N4O2S. The van der Waals surface area contributed by atoms with Crippen molar-refractivity contribution >= 4 is 28.3 Å². The number of aromatic nitrogens is 1. The van der Waals surface area contributed by atoms with Crippen molar-refractivity contribution in [3.63, 3.8) is 0 Å². The molecule has 0 aliphatic heterocycles. The van der Waals surface area contributed by atoms with E-state index in [0.29, 0.717) is 17.4 Å². The molecule has 2 amide bonds. The summed E-state index contributed by atoms with van der Waals surface area (Å²) >= 11 is 1.24. The predicted octanol–water partition coefficient (Wildman–Crippen LogP) is 1.56. The van der Waals surface area contributed by atoms with Crippen molar-refractivity contribution in [3.8, 4) is 0 Å². The Hall–Kier alpha value is -1.47. The van der Waals surface area contributed by atoms with Crippen molar-refractivity contribution in [2.45, 2.75) is 33.7 Å². The molecule has 0 aromatic carbocycles. The highest BCUT2D eigenvalue weighted by molar-refractivity contribution is 7.14. The molecule has 6 nitrogen and oxygen atoms in total. The second kappa shape index (κ2) is 7.96. The van der Waals surface area contributed by atoms with Gasteiger partial charge in [-0.2, -0.15) is 0 Å². The number of carbonyl (C=O) groups is 2. The lowest BCUT2D eigenvalue weighted by molar-refractivity contribution is -0.114. The third kappa shape index (κ3) is 4.90. The maximum Gasteiger partial charge on any atom is 0.270 e. The normalized spacial score (nSPS) is 12.2. The quantitative estimate of drug-likeness (QED) is 0.801. The van der Waals surface area contributed by atoms with E-state index < -0.39 is 0 Å². The average Bonchev–Trinajstić information content (AvgIpc) is 2.85. The first-order chi connectivity index (χ1) is 9.47. The van der Waals surface area contributed by atoms with Crippen molar-refractivity contribution in [1.29, 1.82) is 0 Å². The minimum Gasteiger partial charge on any atom is -0.349 e. The molecule has 0 spiro atoms. The van der Waals surface area contributed by atoms with E-state index >= 15 is 0 Å². The van der Waals surface area contributed by atoms with Gasteiger partial charge in [0.05, 0.1) is 0 Å². The Morgan fingerprint density at radius 2 is 2.05 bits per heavy atom. The molecule has 112 valence electrons. The van der Waals surface area contributed by atoms with E-state index in [4.69, 9.17) is 0 Å². The van der Waals surface area contributed by atoms with Gasteiger partial charge in [-0.3, -0.25) is 14.5 Å². The molecule has 1 aromatic rings. The van der Waals surface area contributed by atoms with E-state index in [2.05, 4.69) is 41.3 Å². The van der Waals surface area contributed by atoms with E-state index in [1.165, 1.54) is 18.3 Å². The molecule has 1 rings (SSSR count). The van der Waals surface area contributed by atoms with E-state index in [9.17, 15) is 9.59 Å². The second-order valence-electron chi connectivity index (χ2n) is 4.50. The van der Waals surface area contributed by atoms with Crippen LogP contribution in [0.5, 0.6) is 0 Å². The highest BCUT2D eigenvalue weighted by Gasteiger charge is 2.14. The molecule has 7 heteroatoms. The van der Waals surface area contributed by atoms with E-state index in [1.54, 1.807) is 5.38 Å². The third-order valence-corrected chi connectivity index (χ3v) is 3.77. The fourth-order valence-electron chi connectivity index (χ4n) is 1.89. The Balaban J connectivity index is 2.50. The van der Waals surface area contributed by atoms with Gasteiger partial charge in [-0.05, 0) is 20.0 Å². The van der Waals surface area contributed by atoms with Gasteiger partial charge in [0.15, 0.2) is 5.13 Å². The number of rotatable bonds is 7. The van der Waals surface area contributed by atoms with Crippen molar-refractivity contribution in [1.82, 2.24) is 15.2 Å². The molecular weight excluding hydrogens is 276 g/mol. The number of anilines is 1. The summed E-state index contributed by atoms with van der Waals surface area (Å²) in [6.07, 6.45) is 0. The van der Waals surface area contributed by atoms with Crippen LogP contribution in [0.4, 0.5) is 5.13 Å². The van der Waals surface area contributed by atoms with E-state index in [1.807, 2.05) is 0 Å². The van der Waals surface area contributed by atoms with Crippen LogP contribution in [-0.4, -0.2) is 47.4 Å². The minimum absolute atomic E-state index is 0.193. The predicted molar refractivity (Wildman–Crippen MR) is 81.1 cm³/mol. The highest BCUT2D eigenvalue weighted by Crippen LogP contribution is 2.15. The van der Waals surface area contributed by atoms with Crippen LogP contribution in [-0.2, 0) is 4.79 Å². The van der Waals surface area contributed by atoms with Gasteiger partial charge in [0, 0.05) is 24.9 Å². The number of nitrogens with one attached hydrogen (secondary N) is 2. The lowest BCUT2D eigenvalue weighted by Gasteiger charge is -2.26. The summed E-state index contributed by atoms with van der Waals surface area (Å²) in [6, 6.07) is 0.280. The van der Waals surface area contributed by atoms with Gasteiger partial charge >= 0.3 is 0 Å². The number of thiazole rings is 1. The third-order valence-electron chi connectivity index (χ3n) is 3.01. The Morgan fingerprint density at radius 1 is 1.40 bits per heavy atom. The van der Waals surface area contributed by atoms with Crippen LogP contribution < -0.4 is 10.6 Å². The summed E-state index contributed by atoms with van der Waals surface area (Å²) in [7, 11) is 0. The van der Waals surface area contributed by atoms with E-state index in [-0.39, 0.29) is 17.9 Å². The second-order valence-corrected chi connectivity index (χ2v) is 5.36. The molecule has 0 unspecified atom stereocenters. The Bertz CT molecular complexity index is 457. The summed E-state index contributed by atoms with van der Waals surface area (Å²) < 4.78 is 0. The molecule has 0 aliphatic carbocycles. The molecule has 1 atom stereocenters. The van der Waals surface area contributed by atoms with Crippen LogP contribution in [0, 0.1) is 0 Å². The van der Waals surface area contributed by atoms with Gasteiger partial charge in [0.1, 0.15) is 5.69 Å². The smallest absolute Gasteiger partial charge is 0.270 e. The minimum atomic E-state index is -0.211. The van der Waals surface area contributed by atoms with Gasteiger partial charge in [-0.25, -0.2) is 4.98 Å². The van der Waals surface area contributed by atoms with Crippen LogP contribution in [0.2, 0.25) is 0 Å². The average molecular weight is 298 g/mol. The van der Waals surface area contributed by atoms with Gasteiger partial charge in [0.2, 0.25) is 5.91 Å². The number of amides is 2. The molecule has 1 heterocycles. The first kappa shape index (κ1) is 16.6. The first-order valence-electron chi connectivity index (χ1n) is 6.73. The molecule has 0 saturated carbocycles. The van der Waals surface area contributed by atoms with Gasteiger partial charge in [-0.15, -0.1) is 11.3 Å². The van der Waals surface area contributed by atoms with Gasteiger partial charge < -0.3 is 10.6 Å². The van der Waals surface area contributed by atoms with Crippen LogP contribution in [0.25, 0.3) is 0 Å². The molecule has 0 bridgehead atoms. The zero-order chi connectivity index (χ0) is 15.1. The molecule has 0 saturated heterocycles. The lowest BCUT2D eigenvalue weighted by Crippen LogP contribution is -2.42. The van der Waals surface area contributed by atoms with Crippen LogP contribution in [0.1, 0.15) is 38.2 Å². The summed E-state index contributed by atoms with van der Waals surface area (Å²) in [4.78, 5) is 29.2. The number of carbonyl (C=O) groups excluding carboxylic acids is 2. The van der Waals surface area contributed by atoms with Gasteiger partial charge in [-0.1, -0.05) is 13.8 Å². The summed E-state index contributed by atoms with van der Waals surface area (Å²) in [5.74, 6) is -0.404. The molecule has 0 aliphatic rings. The molecule has 2 N–H and O–H groups in total. The molecule has 0 radical (unpaired) electrons. The highest BCUT2D eigenvalue weighted by atomic mass is 32.1. The lowest BCUT2D eigenvalue weighted by atomic mass is 10.2. The molecule has 1 aromatic heterocycles. The topological polar surface area (TPSA) is 74.3 Å². The number of likely N-dealkylation sites (N-methyl/N-ethyl adjacent to an activating group) is 1. The maximum absolute atomic E-state index is 11.9. The van der Waals surface area contributed by atoms with E-state index in [0.717, 1.165) is 13.1 Å². The zero-order valence-corrected chi connectivity index (χ0v) is 13.2. The fraction of sp³-hybridized carbons (Fsp3) is 0.615. The Kier molecular flexibility index (Phi) is 6.60. The van der Waals surface area contributed by atoms with Crippen LogP contribution in [0.15, 0.2) is 5.38 Å². The molecule has 20 heavy (non-hydrogen) atoms. The largest absolute Gasteiger partial charge is 0.349 e. The number of hydrogen-bond acceptors (Lipinski definition) is 5. The Labute approximate surface area is 123 Å². The monoisotopic (exact) mass is 298 g/mol. The Morgan fingerprint density at radius 3 is 2.60 bits per heavy atom. The van der Waals surface area contributed by atoms with Crippen molar-refractivity contribution < 1.29 is 9.59 Å². The van der Waals surface area contributed by atoms with Gasteiger partial charge in [0.25, 0.3) is 5.91 Å². The summed E-state index contributed by atoms with van der Waals surface area (Å²) in [5, 5.41) is 7.51. The summed E-state index contributed by atoms with van der Waals surface area (Å²) in [6.45, 7) is 10.2. The standard InChI is InChI=1S/C13H22N4O2S/c1-5-17(6-2)9(3)7-14-12(19)11-8-20-13(16-11)15-10(4)18/h8-9H,5-7H2,1-4H3,(H,14,19)(H,15,16,18)/t9-/m1/s1. The zero-order valence-electron chi connectivity index (χ0n) is 12.4. The fourth-order valence-corrected chi connectivity index (χ4v) is 2.63. The first-order valence-corrected chi connectivity index (χ1v) is 7.61. The SMILES string of the molecule is CCN(CC)[C@H](C)CNC(=O)c1csc(NC(C)=O)n1. The van der Waals surface area contributed by atoms with Crippen LogP contribution >= 0.6 is 11.3 Å². The summed E-state index contributed by atoms with van der Waals surface area (Å²) in [5.41, 5.74) is 0.338. The number of nitrogens with zero attached hydrogens (tertiary/aromatic N) is 2. The maximum atomic E-state index is 11.9. The van der Waals surface area contributed by atoms with Crippen molar-refractivity contribution in [3.05, 3.63) is 11.1 Å².